The van der Waals surface area contributed by atoms with E-state index in [0.29, 0.717) is 12.1 Å². The Hall–Kier alpha value is -1.46. The van der Waals surface area contributed by atoms with Gasteiger partial charge in [0.2, 0.25) is 0 Å². The van der Waals surface area contributed by atoms with Gasteiger partial charge in [-0.15, -0.1) is 0 Å². The molecule has 1 aromatic rings. The smallest absolute Gasteiger partial charge is 0.251 e. The summed E-state index contributed by atoms with van der Waals surface area (Å²) in [5, 5.41) is 6.08. The van der Waals surface area contributed by atoms with Crippen LogP contribution < -0.4 is 10.6 Å². The van der Waals surface area contributed by atoms with Crippen molar-refractivity contribution in [2.45, 2.75) is 0 Å². The van der Waals surface area contributed by atoms with E-state index >= 15 is 0 Å². The summed E-state index contributed by atoms with van der Waals surface area (Å²) >= 11 is 0. The summed E-state index contributed by atoms with van der Waals surface area (Å²) in [6, 6.07) is 5.74. The fourth-order valence-electron chi connectivity index (χ4n) is 1.99. The number of halogens is 1. The fourth-order valence-corrected chi connectivity index (χ4v) is 1.99. The molecular formula is C13H18FN3O. The van der Waals surface area contributed by atoms with Crippen LogP contribution in [0.25, 0.3) is 0 Å². The van der Waals surface area contributed by atoms with Crippen LogP contribution in [-0.4, -0.2) is 50.1 Å². The lowest BCUT2D eigenvalue weighted by molar-refractivity contribution is 0.0947. The second-order valence-corrected chi connectivity index (χ2v) is 4.36. The number of hydrogen-bond donors (Lipinski definition) is 2. The second-order valence-electron chi connectivity index (χ2n) is 4.36. The fraction of sp³-hybridized carbons (Fsp3) is 0.462. The maximum atomic E-state index is 12.9. The molecule has 1 aliphatic rings. The largest absolute Gasteiger partial charge is 0.351 e. The van der Waals surface area contributed by atoms with Crippen LogP contribution in [0.3, 0.4) is 0 Å². The minimum Gasteiger partial charge on any atom is -0.351 e. The van der Waals surface area contributed by atoms with E-state index in [-0.39, 0.29) is 11.7 Å². The zero-order valence-corrected chi connectivity index (χ0v) is 10.3. The molecule has 0 spiro atoms. The van der Waals surface area contributed by atoms with E-state index in [1.54, 1.807) is 12.1 Å². The van der Waals surface area contributed by atoms with E-state index in [2.05, 4.69) is 15.5 Å². The summed E-state index contributed by atoms with van der Waals surface area (Å²) in [5.41, 5.74) is 0.371. The quantitative estimate of drug-likeness (QED) is 0.817. The first-order valence-electron chi connectivity index (χ1n) is 6.22. The van der Waals surface area contributed by atoms with Gasteiger partial charge < -0.3 is 10.6 Å². The van der Waals surface area contributed by atoms with Crippen molar-refractivity contribution in [3.05, 3.63) is 35.6 Å². The van der Waals surface area contributed by atoms with Gasteiger partial charge in [0.25, 0.3) is 5.91 Å². The van der Waals surface area contributed by atoms with Crippen molar-refractivity contribution in [2.75, 3.05) is 39.3 Å². The standard InChI is InChI=1S/C13H18FN3O/c14-12-3-1-2-11(10-12)13(18)16-6-9-17-7-4-15-5-8-17/h1-3,10,15H,4-9H2,(H,16,18). The Kier molecular flexibility index (Phi) is 4.66. The summed E-state index contributed by atoms with van der Waals surface area (Å²) < 4.78 is 12.9. The summed E-state index contributed by atoms with van der Waals surface area (Å²) in [7, 11) is 0. The topological polar surface area (TPSA) is 44.4 Å². The van der Waals surface area contributed by atoms with Gasteiger partial charge in [0.15, 0.2) is 0 Å². The molecule has 1 amide bonds. The second kappa shape index (κ2) is 6.47. The molecule has 1 aromatic carbocycles. The highest BCUT2D eigenvalue weighted by molar-refractivity contribution is 5.94. The number of nitrogens with one attached hydrogen (secondary N) is 2. The Morgan fingerprint density at radius 2 is 2.17 bits per heavy atom. The molecule has 0 saturated carbocycles. The average molecular weight is 251 g/mol. The van der Waals surface area contributed by atoms with Gasteiger partial charge in [-0.05, 0) is 18.2 Å². The summed E-state index contributed by atoms with van der Waals surface area (Å²) in [5.74, 6) is -0.602. The Morgan fingerprint density at radius 1 is 1.39 bits per heavy atom. The Bertz CT molecular complexity index is 405. The summed E-state index contributed by atoms with van der Waals surface area (Å²) in [4.78, 5) is 14.0. The SMILES string of the molecule is O=C(NCCN1CCNCC1)c1cccc(F)c1. The molecule has 0 aromatic heterocycles. The number of benzene rings is 1. The number of nitrogens with zero attached hydrogens (tertiary/aromatic N) is 1. The zero-order chi connectivity index (χ0) is 12.8. The van der Waals surface area contributed by atoms with E-state index in [9.17, 15) is 9.18 Å². The van der Waals surface area contributed by atoms with Crippen LogP contribution in [0, 0.1) is 5.82 Å². The van der Waals surface area contributed by atoms with E-state index in [4.69, 9.17) is 0 Å². The van der Waals surface area contributed by atoms with Gasteiger partial charge in [0.1, 0.15) is 5.82 Å². The Labute approximate surface area is 106 Å². The molecule has 1 heterocycles. The number of piperazine rings is 1. The molecular weight excluding hydrogens is 233 g/mol. The normalized spacial score (nSPS) is 16.5. The third-order valence-electron chi connectivity index (χ3n) is 3.01. The monoisotopic (exact) mass is 251 g/mol. The first-order valence-corrected chi connectivity index (χ1v) is 6.22. The van der Waals surface area contributed by atoms with Gasteiger partial charge in [0.05, 0.1) is 0 Å². The first kappa shape index (κ1) is 13.0. The lowest BCUT2D eigenvalue weighted by Gasteiger charge is -2.27. The minimum absolute atomic E-state index is 0.218. The average Bonchev–Trinajstić information content (AvgIpc) is 2.40. The molecule has 4 nitrogen and oxygen atoms in total. The van der Waals surface area contributed by atoms with Gasteiger partial charge in [-0.25, -0.2) is 4.39 Å². The molecule has 5 heteroatoms. The van der Waals surface area contributed by atoms with Gasteiger partial charge in [-0.3, -0.25) is 9.69 Å². The van der Waals surface area contributed by atoms with Crippen LogP contribution in [0.15, 0.2) is 24.3 Å². The number of rotatable bonds is 4. The molecule has 0 aliphatic carbocycles. The number of hydrogen-bond acceptors (Lipinski definition) is 3. The molecule has 1 aliphatic heterocycles. The van der Waals surface area contributed by atoms with Crippen LogP contribution in [0.2, 0.25) is 0 Å². The minimum atomic E-state index is -0.384. The highest BCUT2D eigenvalue weighted by Crippen LogP contribution is 2.02. The van der Waals surface area contributed by atoms with Crippen LogP contribution in [-0.2, 0) is 0 Å². The molecule has 0 radical (unpaired) electrons. The maximum Gasteiger partial charge on any atom is 0.251 e. The van der Waals surface area contributed by atoms with Crippen molar-refractivity contribution in [2.24, 2.45) is 0 Å². The molecule has 0 atom stereocenters. The molecule has 98 valence electrons. The van der Waals surface area contributed by atoms with E-state index < -0.39 is 0 Å². The summed E-state index contributed by atoms with van der Waals surface area (Å²) in [6.07, 6.45) is 0. The molecule has 1 fully saturated rings. The molecule has 2 rings (SSSR count). The van der Waals surface area contributed by atoms with Crippen LogP contribution >= 0.6 is 0 Å². The summed E-state index contributed by atoms with van der Waals surface area (Å²) in [6.45, 7) is 5.44. The molecule has 0 unspecified atom stereocenters. The number of carbonyl (C=O) groups is 1. The predicted octanol–water partition coefficient (Wildman–Crippen LogP) is 0.461. The van der Waals surface area contributed by atoms with Gasteiger partial charge in [-0.1, -0.05) is 6.07 Å². The van der Waals surface area contributed by atoms with Crippen molar-refractivity contribution in [1.82, 2.24) is 15.5 Å². The third-order valence-corrected chi connectivity index (χ3v) is 3.01. The van der Waals surface area contributed by atoms with Crippen LogP contribution in [0.5, 0.6) is 0 Å². The van der Waals surface area contributed by atoms with Gasteiger partial charge in [-0.2, -0.15) is 0 Å². The molecule has 0 bridgehead atoms. The van der Waals surface area contributed by atoms with Gasteiger partial charge in [0, 0.05) is 44.8 Å². The number of amides is 1. The van der Waals surface area contributed by atoms with Crippen molar-refractivity contribution in [1.29, 1.82) is 0 Å². The van der Waals surface area contributed by atoms with E-state index in [0.717, 1.165) is 32.7 Å². The molecule has 1 saturated heterocycles. The Balaban J connectivity index is 1.74. The van der Waals surface area contributed by atoms with Crippen LogP contribution in [0.4, 0.5) is 4.39 Å². The van der Waals surface area contributed by atoms with Crippen molar-refractivity contribution in [3.63, 3.8) is 0 Å². The maximum absolute atomic E-state index is 12.9. The lowest BCUT2D eigenvalue weighted by atomic mass is 10.2. The van der Waals surface area contributed by atoms with Crippen molar-refractivity contribution < 1.29 is 9.18 Å². The number of carbonyl (C=O) groups excluding carboxylic acids is 1. The highest BCUT2D eigenvalue weighted by Gasteiger charge is 2.10. The Morgan fingerprint density at radius 3 is 2.89 bits per heavy atom. The lowest BCUT2D eigenvalue weighted by Crippen LogP contribution is -2.46. The highest BCUT2D eigenvalue weighted by atomic mass is 19.1. The van der Waals surface area contributed by atoms with Crippen molar-refractivity contribution >= 4 is 5.91 Å². The molecule has 2 N–H and O–H groups in total. The van der Waals surface area contributed by atoms with E-state index in [1.807, 2.05) is 0 Å². The van der Waals surface area contributed by atoms with Gasteiger partial charge >= 0.3 is 0 Å². The predicted molar refractivity (Wildman–Crippen MR) is 68.0 cm³/mol. The van der Waals surface area contributed by atoms with Crippen LogP contribution in [0.1, 0.15) is 10.4 Å². The van der Waals surface area contributed by atoms with Crippen molar-refractivity contribution in [3.8, 4) is 0 Å². The molecule has 18 heavy (non-hydrogen) atoms. The van der Waals surface area contributed by atoms with E-state index in [1.165, 1.54) is 12.1 Å². The third kappa shape index (κ3) is 3.78. The zero-order valence-electron chi connectivity index (χ0n) is 10.3. The first-order chi connectivity index (χ1) is 8.75.